The molecular weight excluding hydrogens is 298 g/mol. The Balaban J connectivity index is 1.94. The van der Waals surface area contributed by atoms with Crippen molar-refractivity contribution in [1.29, 1.82) is 0 Å². The molecule has 0 aliphatic heterocycles. The van der Waals surface area contributed by atoms with Crippen LogP contribution in [0.3, 0.4) is 0 Å². The second-order valence-corrected chi connectivity index (χ2v) is 6.22. The molecule has 5 heteroatoms. The Hall–Kier alpha value is -0.650. The molecule has 0 aliphatic carbocycles. The Kier molecular flexibility index (Phi) is 4.36. The van der Waals surface area contributed by atoms with Crippen LogP contribution in [0.5, 0.6) is 0 Å². The van der Waals surface area contributed by atoms with Gasteiger partial charge in [-0.2, -0.15) is 5.10 Å². The number of hydrogen-bond acceptors (Lipinski definition) is 3. The fourth-order valence-electron chi connectivity index (χ4n) is 1.50. The summed E-state index contributed by atoms with van der Waals surface area (Å²) in [7, 11) is 0. The third-order valence-corrected chi connectivity index (χ3v) is 4.02. The molecule has 2 aromatic rings. The average molecular weight is 314 g/mol. The lowest BCUT2D eigenvalue weighted by molar-refractivity contribution is 0.588. The minimum absolute atomic E-state index is 0.506. The molecule has 0 fully saturated rings. The van der Waals surface area contributed by atoms with Crippen LogP contribution < -0.4 is 5.32 Å². The van der Waals surface area contributed by atoms with Crippen molar-refractivity contribution in [2.75, 3.05) is 0 Å². The van der Waals surface area contributed by atoms with Gasteiger partial charge in [-0.1, -0.05) is 13.8 Å². The monoisotopic (exact) mass is 313 g/mol. The third kappa shape index (κ3) is 3.94. The number of rotatable bonds is 5. The summed E-state index contributed by atoms with van der Waals surface area (Å²) >= 11 is 5.21. The predicted molar refractivity (Wildman–Crippen MR) is 75.3 cm³/mol. The highest BCUT2D eigenvalue weighted by molar-refractivity contribution is 9.10. The van der Waals surface area contributed by atoms with Gasteiger partial charge in [-0.05, 0) is 22.0 Å². The van der Waals surface area contributed by atoms with Gasteiger partial charge in [-0.15, -0.1) is 11.3 Å². The van der Waals surface area contributed by atoms with E-state index in [4.69, 9.17) is 0 Å². The van der Waals surface area contributed by atoms with Crippen molar-refractivity contribution in [3.05, 3.63) is 38.8 Å². The van der Waals surface area contributed by atoms with E-state index in [1.54, 1.807) is 11.3 Å². The highest BCUT2D eigenvalue weighted by atomic mass is 79.9. The lowest BCUT2D eigenvalue weighted by atomic mass is 10.3. The summed E-state index contributed by atoms with van der Waals surface area (Å²) in [6.45, 7) is 6.02. The van der Waals surface area contributed by atoms with Crippen LogP contribution in [0.15, 0.2) is 28.3 Å². The van der Waals surface area contributed by atoms with Crippen molar-refractivity contribution in [3.8, 4) is 0 Å². The number of nitrogens with zero attached hydrogens (tertiary/aromatic N) is 2. The van der Waals surface area contributed by atoms with Crippen LogP contribution in [-0.2, 0) is 13.1 Å². The highest BCUT2D eigenvalue weighted by Gasteiger charge is 2.02. The molecule has 0 saturated heterocycles. The number of hydrogen-bond donors (Lipinski definition) is 1. The first-order chi connectivity index (χ1) is 8.13. The molecular formula is C12H16BrN3S. The van der Waals surface area contributed by atoms with E-state index >= 15 is 0 Å². The van der Waals surface area contributed by atoms with E-state index in [9.17, 15) is 0 Å². The Morgan fingerprint density at radius 3 is 3.00 bits per heavy atom. The van der Waals surface area contributed by atoms with E-state index in [1.807, 2.05) is 10.9 Å². The largest absolute Gasteiger partial charge is 0.310 e. The van der Waals surface area contributed by atoms with Crippen molar-refractivity contribution in [2.24, 2.45) is 0 Å². The summed E-state index contributed by atoms with van der Waals surface area (Å²) in [5, 5.41) is 9.85. The topological polar surface area (TPSA) is 29.9 Å². The van der Waals surface area contributed by atoms with Gasteiger partial charge in [0.15, 0.2) is 0 Å². The van der Waals surface area contributed by atoms with E-state index < -0.39 is 0 Å². The molecule has 3 nitrogen and oxygen atoms in total. The van der Waals surface area contributed by atoms with Gasteiger partial charge in [0, 0.05) is 39.1 Å². The maximum Gasteiger partial charge on any atom is 0.0752 e. The quantitative estimate of drug-likeness (QED) is 0.918. The van der Waals surface area contributed by atoms with Crippen LogP contribution in [0.2, 0.25) is 0 Å². The van der Waals surface area contributed by atoms with Gasteiger partial charge in [0.1, 0.15) is 0 Å². The van der Waals surface area contributed by atoms with Crippen molar-refractivity contribution >= 4 is 27.3 Å². The van der Waals surface area contributed by atoms with Gasteiger partial charge in [0.2, 0.25) is 0 Å². The van der Waals surface area contributed by atoms with Crippen LogP contribution in [0.4, 0.5) is 0 Å². The van der Waals surface area contributed by atoms with E-state index in [0.29, 0.717) is 6.04 Å². The van der Waals surface area contributed by atoms with Crippen LogP contribution >= 0.6 is 27.3 Å². The van der Waals surface area contributed by atoms with E-state index in [1.165, 1.54) is 10.4 Å². The highest BCUT2D eigenvalue weighted by Crippen LogP contribution is 2.20. The lowest BCUT2D eigenvalue weighted by Gasteiger charge is -2.05. The molecule has 0 aliphatic rings. The molecule has 17 heavy (non-hydrogen) atoms. The van der Waals surface area contributed by atoms with Crippen LogP contribution in [0.1, 0.15) is 24.3 Å². The summed E-state index contributed by atoms with van der Waals surface area (Å²) in [5.41, 5.74) is 1.23. The van der Waals surface area contributed by atoms with Crippen LogP contribution in [0.25, 0.3) is 0 Å². The second-order valence-electron chi connectivity index (χ2n) is 4.31. The second kappa shape index (κ2) is 5.80. The van der Waals surface area contributed by atoms with Crippen molar-refractivity contribution in [1.82, 2.24) is 15.1 Å². The third-order valence-electron chi connectivity index (χ3n) is 2.34. The van der Waals surface area contributed by atoms with Gasteiger partial charge in [-0.3, -0.25) is 4.68 Å². The maximum absolute atomic E-state index is 4.37. The summed E-state index contributed by atoms with van der Waals surface area (Å²) in [6, 6.07) is 2.64. The number of nitrogens with one attached hydrogen (secondary N) is 1. The van der Waals surface area contributed by atoms with E-state index in [0.717, 1.165) is 17.6 Å². The van der Waals surface area contributed by atoms with Crippen molar-refractivity contribution in [3.63, 3.8) is 0 Å². The summed E-state index contributed by atoms with van der Waals surface area (Å²) in [6.07, 6.45) is 4.03. The van der Waals surface area contributed by atoms with Crippen LogP contribution in [0, 0.1) is 0 Å². The SMILES string of the molecule is CC(C)NCc1cnn(Cc2cc(Br)cs2)c1. The zero-order chi connectivity index (χ0) is 12.3. The molecule has 0 bridgehead atoms. The summed E-state index contributed by atoms with van der Waals surface area (Å²) in [4.78, 5) is 1.31. The molecule has 0 saturated carbocycles. The molecule has 0 radical (unpaired) electrons. The van der Waals surface area contributed by atoms with E-state index in [-0.39, 0.29) is 0 Å². The fraction of sp³-hybridized carbons (Fsp3) is 0.417. The molecule has 0 aromatic carbocycles. The molecule has 2 aromatic heterocycles. The first-order valence-electron chi connectivity index (χ1n) is 5.61. The molecule has 2 heterocycles. The standard InChI is InChI=1S/C12H16BrN3S/c1-9(2)14-4-10-5-15-16(6-10)7-12-3-11(13)8-17-12/h3,5-6,8-9,14H,4,7H2,1-2H3. The molecule has 0 atom stereocenters. The molecule has 0 spiro atoms. The van der Waals surface area contributed by atoms with Gasteiger partial charge < -0.3 is 5.32 Å². The molecule has 0 amide bonds. The first kappa shape index (κ1) is 12.8. The van der Waals surface area contributed by atoms with Gasteiger partial charge in [0.25, 0.3) is 0 Å². The average Bonchev–Trinajstić information content (AvgIpc) is 2.86. The van der Waals surface area contributed by atoms with Crippen LogP contribution in [-0.4, -0.2) is 15.8 Å². The fourth-order valence-corrected chi connectivity index (χ4v) is 2.94. The van der Waals surface area contributed by atoms with Gasteiger partial charge >= 0.3 is 0 Å². The Morgan fingerprint density at radius 1 is 1.53 bits per heavy atom. The smallest absolute Gasteiger partial charge is 0.0752 e. The molecule has 2 rings (SSSR count). The summed E-state index contributed by atoms with van der Waals surface area (Å²) < 4.78 is 3.13. The lowest BCUT2D eigenvalue weighted by Crippen LogP contribution is -2.21. The normalized spacial score (nSPS) is 11.3. The predicted octanol–water partition coefficient (Wildman–Crippen LogP) is 3.25. The van der Waals surface area contributed by atoms with Gasteiger partial charge in [0.05, 0.1) is 12.7 Å². The molecule has 0 unspecified atom stereocenters. The van der Waals surface area contributed by atoms with Gasteiger partial charge in [-0.25, -0.2) is 0 Å². The zero-order valence-electron chi connectivity index (χ0n) is 9.98. The minimum atomic E-state index is 0.506. The zero-order valence-corrected chi connectivity index (χ0v) is 12.4. The Labute approximate surface area is 114 Å². The first-order valence-corrected chi connectivity index (χ1v) is 7.28. The minimum Gasteiger partial charge on any atom is -0.310 e. The number of aromatic nitrogens is 2. The maximum atomic E-state index is 4.37. The number of thiophene rings is 1. The Morgan fingerprint density at radius 2 is 2.35 bits per heavy atom. The van der Waals surface area contributed by atoms with E-state index in [2.05, 4.69) is 57.8 Å². The molecule has 92 valence electrons. The Bertz CT molecular complexity index is 476. The summed E-state index contributed by atoms with van der Waals surface area (Å²) in [5.74, 6) is 0. The van der Waals surface area contributed by atoms with Crippen molar-refractivity contribution in [2.45, 2.75) is 33.0 Å². The molecule has 1 N–H and O–H groups in total. The van der Waals surface area contributed by atoms with Crippen molar-refractivity contribution < 1.29 is 0 Å². The number of halogens is 1.